The van der Waals surface area contributed by atoms with Crippen LogP contribution in [0.5, 0.6) is 0 Å². The third kappa shape index (κ3) is 3.33. The normalized spacial score (nSPS) is 25.9. The molecule has 0 aliphatic heterocycles. The summed E-state index contributed by atoms with van der Waals surface area (Å²) in [5, 5.41) is 10.5. The standard InChI is InChI=1S/C16H24O2/c1-12-6-8-14(9-7-12)16(17)15-5-3-4-13(10-15)11-18-2/h3-5,10,12,14,16-17H,6-9,11H2,1-2H3. The summed E-state index contributed by atoms with van der Waals surface area (Å²) in [5.74, 6) is 1.26. The summed E-state index contributed by atoms with van der Waals surface area (Å²) < 4.78 is 5.14. The molecule has 1 aliphatic rings. The molecule has 0 aromatic heterocycles. The Morgan fingerprint density at radius 2 is 2.00 bits per heavy atom. The predicted molar refractivity (Wildman–Crippen MR) is 73.2 cm³/mol. The molecule has 0 heterocycles. The van der Waals surface area contributed by atoms with E-state index in [4.69, 9.17) is 4.74 Å². The van der Waals surface area contributed by atoms with Gasteiger partial charge in [-0.1, -0.05) is 44.0 Å². The minimum atomic E-state index is -0.311. The summed E-state index contributed by atoms with van der Waals surface area (Å²) >= 11 is 0. The number of rotatable bonds is 4. The summed E-state index contributed by atoms with van der Waals surface area (Å²) in [6, 6.07) is 8.16. The fraction of sp³-hybridized carbons (Fsp3) is 0.625. The van der Waals surface area contributed by atoms with Crippen LogP contribution in [0.2, 0.25) is 0 Å². The summed E-state index contributed by atoms with van der Waals surface area (Å²) in [6.07, 6.45) is 4.49. The molecule has 1 aliphatic carbocycles. The average molecular weight is 248 g/mol. The highest BCUT2D eigenvalue weighted by Crippen LogP contribution is 2.36. The van der Waals surface area contributed by atoms with Gasteiger partial charge in [-0.25, -0.2) is 0 Å². The van der Waals surface area contributed by atoms with Crippen molar-refractivity contribution in [1.29, 1.82) is 0 Å². The van der Waals surface area contributed by atoms with Gasteiger partial charge in [0.05, 0.1) is 12.7 Å². The second-order valence-electron chi connectivity index (χ2n) is 5.64. The first-order valence-electron chi connectivity index (χ1n) is 6.96. The number of methoxy groups -OCH3 is 1. The summed E-state index contributed by atoms with van der Waals surface area (Å²) in [7, 11) is 1.70. The third-order valence-electron chi connectivity index (χ3n) is 4.11. The maximum absolute atomic E-state index is 10.5. The Morgan fingerprint density at radius 1 is 1.28 bits per heavy atom. The minimum Gasteiger partial charge on any atom is -0.388 e. The molecular weight excluding hydrogens is 224 g/mol. The lowest BCUT2D eigenvalue weighted by atomic mass is 9.78. The number of benzene rings is 1. The molecule has 2 nitrogen and oxygen atoms in total. The quantitative estimate of drug-likeness (QED) is 0.880. The van der Waals surface area contributed by atoms with Crippen LogP contribution in [0.25, 0.3) is 0 Å². The van der Waals surface area contributed by atoms with Crippen molar-refractivity contribution in [2.45, 2.75) is 45.3 Å². The van der Waals surface area contributed by atoms with E-state index in [0.29, 0.717) is 12.5 Å². The Hall–Kier alpha value is -0.860. The van der Waals surface area contributed by atoms with Crippen LogP contribution in [0, 0.1) is 11.8 Å². The fourth-order valence-corrected chi connectivity index (χ4v) is 2.91. The highest BCUT2D eigenvalue weighted by molar-refractivity contribution is 5.25. The van der Waals surface area contributed by atoms with Gasteiger partial charge in [0, 0.05) is 7.11 Å². The molecule has 1 N–H and O–H groups in total. The molecule has 18 heavy (non-hydrogen) atoms. The van der Waals surface area contributed by atoms with Crippen LogP contribution in [-0.2, 0) is 11.3 Å². The lowest BCUT2D eigenvalue weighted by Gasteiger charge is -2.30. The van der Waals surface area contributed by atoms with Gasteiger partial charge in [0.1, 0.15) is 0 Å². The zero-order valence-corrected chi connectivity index (χ0v) is 11.4. The predicted octanol–water partition coefficient (Wildman–Crippen LogP) is 3.69. The molecule has 100 valence electrons. The minimum absolute atomic E-state index is 0.311. The van der Waals surface area contributed by atoms with Crippen molar-refractivity contribution in [2.24, 2.45) is 11.8 Å². The van der Waals surface area contributed by atoms with Crippen molar-refractivity contribution in [3.05, 3.63) is 35.4 Å². The van der Waals surface area contributed by atoms with Crippen molar-refractivity contribution in [3.8, 4) is 0 Å². The third-order valence-corrected chi connectivity index (χ3v) is 4.11. The van der Waals surface area contributed by atoms with E-state index in [-0.39, 0.29) is 6.10 Å². The van der Waals surface area contributed by atoms with Gasteiger partial charge in [-0.05, 0) is 35.8 Å². The average Bonchev–Trinajstić information content (AvgIpc) is 2.39. The van der Waals surface area contributed by atoms with Crippen molar-refractivity contribution < 1.29 is 9.84 Å². The van der Waals surface area contributed by atoms with Crippen LogP contribution in [0.15, 0.2) is 24.3 Å². The number of hydrogen-bond donors (Lipinski definition) is 1. The van der Waals surface area contributed by atoms with Crippen LogP contribution >= 0.6 is 0 Å². The van der Waals surface area contributed by atoms with E-state index in [1.165, 1.54) is 12.8 Å². The smallest absolute Gasteiger partial charge is 0.0818 e. The van der Waals surface area contributed by atoms with Crippen LogP contribution in [0.1, 0.15) is 49.8 Å². The first kappa shape index (κ1) is 13.6. The van der Waals surface area contributed by atoms with E-state index < -0.39 is 0 Å². The molecule has 1 aromatic rings. The second kappa shape index (κ2) is 6.35. The van der Waals surface area contributed by atoms with E-state index in [0.717, 1.165) is 29.9 Å². The first-order valence-corrected chi connectivity index (χ1v) is 6.96. The molecule has 0 radical (unpaired) electrons. The second-order valence-corrected chi connectivity index (χ2v) is 5.64. The van der Waals surface area contributed by atoms with Crippen LogP contribution in [0.3, 0.4) is 0 Å². The van der Waals surface area contributed by atoms with Crippen molar-refractivity contribution in [1.82, 2.24) is 0 Å². The molecular formula is C16H24O2. The van der Waals surface area contributed by atoms with Gasteiger partial charge in [0.2, 0.25) is 0 Å². The number of hydrogen-bond acceptors (Lipinski definition) is 2. The van der Waals surface area contributed by atoms with Gasteiger partial charge < -0.3 is 9.84 Å². The zero-order chi connectivity index (χ0) is 13.0. The zero-order valence-electron chi connectivity index (χ0n) is 11.4. The van der Waals surface area contributed by atoms with Crippen LogP contribution in [0.4, 0.5) is 0 Å². The maximum atomic E-state index is 10.5. The van der Waals surface area contributed by atoms with Crippen molar-refractivity contribution >= 4 is 0 Å². The topological polar surface area (TPSA) is 29.5 Å². The Bertz CT molecular complexity index is 367. The molecule has 1 saturated carbocycles. The lowest BCUT2D eigenvalue weighted by Crippen LogP contribution is -2.19. The number of aliphatic hydroxyl groups excluding tert-OH is 1. The number of ether oxygens (including phenoxy) is 1. The Labute approximate surface area is 110 Å². The Kier molecular flexibility index (Phi) is 4.79. The molecule has 1 atom stereocenters. The summed E-state index contributed by atoms with van der Waals surface area (Å²) in [4.78, 5) is 0. The molecule has 2 rings (SSSR count). The van der Waals surface area contributed by atoms with Gasteiger partial charge in [-0.3, -0.25) is 0 Å². The molecule has 0 bridgehead atoms. The number of aliphatic hydroxyl groups is 1. The van der Waals surface area contributed by atoms with E-state index in [1.54, 1.807) is 7.11 Å². The molecule has 0 amide bonds. The van der Waals surface area contributed by atoms with Gasteiger partial charge in [-0.15, -0.1) is 0 Å². The van der Waals surface area contributed by atoms with Gasteiger partial charge in [0.25, 0.3) is 0 Å². The van der Waals surface area contributed by atoms with Gasteiger partial charge in [-0.2, -0.15) is 0 Å². The SMILES string of the molecule is COCc1cccc(C(O)C2CCC(C)CC2)c1. The van der Waals surface area contributed by atoms with Gasteiger partial charge >= 0.3 is 0 Å². The molecule has 0 saturated heterocycles. The van der Waals surface area contributed by atoms with E-state index in [1.807, 2.05) is 18.2 Å². The summed E-state index contributed by atoms with van der Waals surface area (Å²) in [5.41, 5.74) is 2.18. The maximum Gasteiger partial charge on any atom is 0.0818 e. The summed E-state index contributed by atoms with van der Waals surface area (Å²) in [6.45, 7) is 2.92. The lowest BCUT2D eigenvalue weighted by molar-refractivity contribution is 0.0753. The Balaban J connectivity index is 2.03. The highest BCUT2D eigenvalue weighted by atomic mass is 16.5. The van der Waals surface area contributed by atoms with Crippen molar-refractivity contribution in [3.63, 3.8) is 0 Å². The molecule has 1 unspecified atom stereocenters. The fourth-order valence-electron chi connectivity index (χ4n) is 2.91. The van der Waals surface area contributed by atoms with E-state index in [9.17, 15) is 5.11 Å². The van der Waals surface area contributed by atoms with E-state index >= 15 is 0 Å². The molecule has 1 fully saturated rings. The first-order chi connectivity index (χ1) is 8.70. The molecule has 0 spiro atoms. The van der Waals surface area contributed by atoms with Crippen molar-refractivity contribution in [2.75, 3.05) is 7.11 Å². The molecule has 1 aromatic carbocycles. The van der Waals surface area contributed by atoms with E-state index in [2.05, 4.69) is 13.0 Å². The van der Waals surface area contributed by atoms with Crippen LogP contribution in [-0.4, -0.2) is 12.2 Å². The Morgan fingerprint density at radius 3 is 2.67 bits per heavy atom. The van der Waals surface area contributed by atoms with Gasteiger partial charge in [0.15, 0.2) is 0 Å². The monoisotopic (exact) mass is 248 g/mol. The highest BCUT2D eigenvalue weighted by Gasteiger charge is 2.25. The molecule has 2 heteroatoms. The largest absolute Gasteiger partial charge is 0.388 e. The van der Waals surface area contributed by atoms with Crippen LogP contribution < -0.4 is 0 Å².